The third kappa shape index (κ3) is 2.90. The molecular weight excluding hydrogens is 416 g/mol. The first-order chi connectivity index (χ1) is 11.4. The lowest BCUT2D eigenvalue weighted by Gasteiger charge is -2.11. The van der Waals surface area contributed by atoms with Crippen LogP contribution < -0.4 is 5.56 Å². The molecular formula is C16H10BrClN2O3S. The molecule has 3 aromatic rings. The van der Waals surface area contributed by atoms with E-state index in [1.807, 2.05) is 0 Å². The quantitative estimate of drug-likeness (QED) is 0.492. The first-order valence-electron chi connectivity index (χ1n) is 6.75. The van der Waals surface area contributed by atoms with Gasteiger partial charge in [-0.15, -0.1) is 0 Å². The van der Waals surface area contributed by atoms with Crippen molar-refractivity contribution in [3.8, 4) is 5.69 Å². The van der Waals surface area contributed by atoms with E-state index >= 15 is 0 Å². The van der Waals surface area contributed by atoms with Crippen LogP contribution in [0.1, 0.15) is 10.4 Å². The van der Waals surface area contributed by atoms with Crippen molar-refractivity contribution in [3.63, 3.8) is 0 Å². The van der Waals surface area contributed by atoms with Crippen molar-refractivity contribution in [1.29, 1.82) is 0 Å². The van der Waals surface area contributed by atoms with E-state index in [9.17, 15) is 9.59 Å². The number of carbonyl (C=O) groups excluding carboxylic acids is 1. The van der Waals surface area contributed by atoms with Gasteiger partial charge in [-0.05, 0) is 48.6 Å². The Morgan fingerprint density at radius 1 is 1.29 bits per heavy atom. The number of aromatic nitrogens is 2. The Hall–Kier alpha value is -1.96. The van der Waals surface area contributed by atoms with E-state index in [0.29, 0.717) is 21.6 Å². The van der Waals surface area contributed by atoms with Gasteiger partial charge >= 0.3 is 5.97 Å². The number of hydrogen-bond donors (Lipinski definition) is 1. The summed E-state index contributed by atoms with van der Waals surface area (Å²) in [5.41, 5.74) is 0.866. The molecule has 1 N–H and O–H groups in total. The Morgan fingerprint density at radius 3 is 2.75 bits per heavy atom. The molecule has 5 nitrogen and oxygen atoms in total. The van der Waals surface area contributed by atoms with Crippen LogP contribution in [0.3, 0.4) is 0 Å². The van der Waals surface area contributed by atoms with Gasteiger partial charge in [-0.25, -0.2) is 4.79 Å². The van der Waals surface area contributed by atoms with Crippen LogP contribution in [0.25, 0.3) is 16.6 Å². The molecule has 0 bridgehead atoms. The predicted octanol–water partition coefficient (Wildman–Crippen LogP) is 4.25. The standard InChI is InChI=1S/C16H10BrClN2O3S/c1-23-15(22)8-2-5-11(18)13(6-8)20-14(21)10-4-3-9(17)7-12(10)19-16(20)24/h2-7H,1H3,(H,19,24). The summed E-state index contributed by atoms with van der Waals surface area (Å²) in [4.78, 5) is 27.6. The van der Waals surface area contributed by atoms with Gasteiger partial charge < -0.3 is 9.72 Å². The van der Waals surface area contributed by atoms with Gasteiger partial charge in [-0.3, -0.25) is 9.36 Å². The van der Waals surface area contributed by atoms with Crippen molar-refractivity contribution in [1.82, 2.24) is 9.55 Å². The molecule has 0 amide bonds. The zero-order valence-corrected chi connectivity index (χ0v) is 15.5. The van der Waals surface area contributed by atoms with Gasteiger partial charge in [0.15, 0.2) is 4.77 Å². The molecule has 0 aliphatic heterocycles. The Morgan fingerprint density at radius 2 is 2.04 bits per heavy atom. The summed E-state index contributed by atoms with van der Waals surface area (Å²) in [6.45, 7) is 0. The number of esters is 1. The third-order valence-electron chi connectivity index (χ3n) is 3.47. The van der Waals surface area contributed by atoms with Gasteiger partial charge in [0.05, 0.1) is 34.3 Å². The number of H-pyrrole nitrogens is 1. The normalized spacial score (nSPS) is 10.8. The second kappa shape index (κ2) is 6.51. The number of hydrogen-bond acceptors (Lipinski definition) is 4. The van der Waals surface area contributed by atoms with Crippen LogP contribution in [0.15, 0.2) is 45.7 Å². The largest absolute Gasteiger partial charge is 0.465 e. The number of rotatable bonds is 2. The third-order valence-corrected chi connectivity index (χ3v) is 4.57. The fourth-order valence-electron chi connectivity index (χ4n) is 2.34. The Bertz CT molecular complexity index is 1090. The van der Waals surface area contributed by atoms with Crippen LogP contribution in [0.5, 0.6) is 0 Å². The molecule has 0 atom stereocenters. The lowest BCUT2D eigenvalue weighted by atomic mass is 10.2. The van der Waals surface area contributed by atoms with Gasteiger partial charge in [0.25, 0.3) is 5.56 Å². The molecule has 0 unspecified atom stereocenters. The van der Waals surface area contributed by atoms with Crippen molar-refractivity contribution in [3.05, 3.63) is 66.6 Å². The maximum atomic E-state index is 12.9. The number of ether oxygens (including phenoxy) is 1. The van der Waals surface area contributed by atoms with Gasteiger partial charge in [0.2, 0.25) is 0 Å². The number of carbonyl (C=O) groups is 1. The maximum absolute atomic E-state index is 12.9. The van der Waals surface area contributed by atoms with Crippen LogP contribution in [-0.4, -0.2) is 22.6 Å². The van der Waals surface area contributed by atoms with Crippen molar-refractivity contribution in [2.45, 2.75) is 0 Å². The first kappa shape index (κ1) is 16.9. The van der Waals surface area contributed by atoms with E-state index in [1.165, 1.54) is 29.9 Å². The highest BCUT2D eigenvalue weighted by Gasteiger charge is 2.14. The van der Waals surface area contributed by atoms with Crippen LogP contribution in [-0.2, 0) is 4.74 Å². The highest BCUT2D eigenvalue weighted by Crippen LogP contribution is 2.23. The van der Waals surface area contributed by atoms with Crippen molar-refractivity contribution in [2.24, 2.45) is 0 Å². The zero-order valence-electron chi connectivity index (χ0n) is 12.3. The number of halogens is 2. The van der Waals surface area contributed by atoms with E-state index in [2.05, 4.69) is 20.9 Å². The number of nitrogens with zero attached hydrogens (tertiary/aromatic N) is 1. The molecule has 0 saturated carbocycles. The molecule has 1 heterocycles. The smallest absolute Gasteiger partial charge is 0.337 e. The predicted molar refractivity (Wildman–Crippen MR) is 98.8 cm³/mol. The molecule has 0 spiro atoms. The Labute approximate surface area is 155 Å². The summed E-state index contributed by atoms with van der Waals surface area (Å²) in [6.07, 6.45) is 0. The molecule has 122 valence electrons. The summed E-state index contributed by atoms with van der Waals surface area (Å²) in [7, 11) is 1.28. The summed E-state index contributed by atoms with van der Waals surface area (Å²) in [5.74, 6) is -0.527. The Balaban J connectivity index is 2.35. The molecule has 8 heteroatoms. The van der Waals surface area contributed by atoms with E-state index in [1.54, 1.807) is 18.2 Å². The van der Waals surface area contributed by atoms with Crippen LogP contribution >= 0.6 is 39.7 Å². The first-order valence-corrected chi connectivity index (χ1v) is 8.33. The number of nitrogens with one attached hydrogen (secondary N) is 1. The number of benzene rings is 2. The molecule has 0 aliphatic carbocycles. The highest BCUT2D eigenvalue weighted by molar-refractivity contribution is 9.10. The lowest BCUT2D eigenvalue weighted by molar-refractivity contribution is 0.0600. The van der Waals surface area contributed by atoms with Crippen molar-refractivity contribution >= 4 is 56.6 Å². The SMILES string of the molecule is COC(=O)c1ccc(Cl)c(-n2c(=S)[nH]c3cc(Br)ccc3c2=O)c1. The molecule has 0 saturated heterocycles. The van der Waals surface area contributed by atoms with Crippen molar-refractivity contribution in [2.75, 3.05) is 7.11 Å². The molecule has 24 heavy (non-hydrogen) atoms. The van der Waals surface area contributed by atoms with Crippen molar-refractivity contribution < 1.29 is 9.53 Å². The van der Waals surface area contributed by atoms with Crippen LogP contribution in [0.2, 0.25) is 5.02 Å². The molecule has 2 aromatic carbocycles. The lowest BCUT2D eigenvalue weighted by Crippen LogP contribution is -2.21. The molecule has 0 radical (unpaired) electrons. The number of aromatic amines is 1. The molecule has 0 aliphatic rings. The second-order valence-corrected chi connectivity index (χ2v) is 6.63. The van der Waals surface area contributed by atoms with Crippen LogP contribution in [0.4, 0.5) is 0 Å². The molecule has 3 rings (SSSR count). The fraction of sp³-hybridized carbons (Fsp3) is 0.0625. The van der Waals surface area contributed by atoms with Gasteiger partial charge in [0, 0.05) is 4.47 Å². The molecule has 1 aromatic heterocycles. The number of fused-ring (bicyclic) bond motifs is 1. The van der Waals surface area contributed by atoms with E-state index in [4.69, 9.17) is 28.6 Å². The topological polar surface area (TPSA) is 64.1 Å². The van der Waals surface area contributed by atoms with Gasteiger partial charge in [-0.2, -0.15) is 0 Å². The van der Waals surface area contributed by atoms with E-state index in [0.717, 1.165) is 4.47 Å². The summed E-state index contributed by atoms with van der Waals surface area (Å²) >= 11 is 14.9. The Kier molecular flexibility index (Phi) is 4.58. The minimum atomic E-state index is -0.527. The summed E-state index contributed by atoms with van der Waals surface area (Å²) < 4.78 is 6.96. The van der Waals surface area contributed by atoms with E-state index < -0.39 is 5.97 Å². The van der Waals surface area contributed by atoms with Gasteiger partial charge in [-0.1, -0.05) is 27.5 Å². The van der Waals surface area contributed by atoms with Gasteiger partial charge in [0.1, 0.15) is 0 Å². The minimum absolute atomic E-state index is 0.175. The van der Waals surface area contributed by atoms with E-state index in [-0.39, 0.29) is 15.9 Å². The highest BCUT2D eigenvalue weighted by atomic mass is 79.9. The minimum Gasteiger partial charge on any atom is -0.465 e. The van der Waals surface area contributed by atoms with Crippen LogP contribution in [0, 0.1) is 4.77 Å². The fourth-order valence-corrected chi connectivity index (χ4v) is 3.19. The zero-order chi connectivity index (χ0) is 17.4. The number of methoxy groups -OCH3 is 1. The summed E-state index contributed by atoms with van der Waals surface area (Å²) in [6, 6.07) is 9.73. The summed E-state index contributed by atoms with van der Waals surface area (Å²) in [5, 5.41) is 0.743. The second-order valence-electron chi connectivity index (χ2n) is 4.92. The monoisotopic (exact) mass is 424 g/mol. The average Bonchev–Trinajstić information content (AvgIpc) is 2.55. The maximum Gasteiger partial charge on any atom is 0.337 e. The molecule has 0 fully saturated rings. The average molecular weight is 426 g/mol.